The molecule has 0 aliphatic heterocycles. The van der Waals surface area contributed by atoms with Gasteiger partial charge in [-0.15, -0.1) is 16.8 Å². The van der Waals surface area contributed by atoms with E-state index < -0.39 is 0 Å². The molecule has 0 saturated carbocycles. The Morgan fingerprint density at radius 2 is 1.06 bits per heavy atom. The number of aromatic hydroxyl groups is 1. The summed E-state index contributed by atoms with van der Waals surface area (Å²) < 4.78 is 4.50. The van der Waals surface area contributed by atoms with Crippen molar-refractivity contribution in [3.8, 4) is 28.6 Å². The summed E-state index contributed by atoms with van der Waals surface area (Å²) in [7, 11) is 0. The summed E-state index contributed by atoms with van der Waals surface area (Å²) >= 11 is 0. The molecular formula is C46H45N4OPt-. The van der Waals surface area contributed by atoms with E-state index in [0.717, 1.165) is 77.6 Å². The standard InChI is InChI=1S/C46H45N4O.Pt/c1-44(2,3)28-18-19-41(51)35(22-28)36-23-30(46(7,8)9)25-43(48-36)50-38-17-13-11-15-32(38)34-26-33-31-14-10-12-16-37(31)49(39(33)27-40(34)50)42-24-29(20-21-47-42)45(4,5)6;/h10-26,51H,1-9H3;/q-1;. The van der Waals surface area contributed by atoms with Crippen LogP contribution in [0.4, 0.5) is 0 Å². The van der Waals surface area contributed by atoms with Crippen LogP contribution in [-0.2, 0) is 37.3 Å². The van der Waals surface area contributed by atoms with E-state index in [9.17, 15) is 5.11 Å². The van der Waals surface area contributed by atoms with Crippen molar-refractivity contribution in [3.05, 3.63) is 126 Å². The molecule has 0 bridgehead atoms. The topological polar surface area (TPSA) is 55.9 Å². The number of rotatable bonds is 3. The van der Waals surface area contributed by atoms with E-state index in [-0.39, 0.29) is 43.1 Å². The van der Waals surface area contributed by atoms with Crippen molar-refractivity contribution >= 4 is 43.6 Å². The number of pyridine rings is 2. The van der Waals surface area contributed by atoms with Gasteiger partial charge in [-0.1, -0.05) is 116 Å². The molecule has 8 aromatic rings. The molecule has 0 fully saturated rings. The van der Waals surface area contributed by atoms with E-state index in [0.29, 0.717) is 0 Å². The Bertz CT molecular complexity index is 2660. The van der Waals surface area contributed by atoms with Crippen molar-refractivity contribution in [3.63, 3.8) is 0 Å². The van der Waals surface area contributed by atoms with Crippen LogP contribution in [0.25, 0.3) is 66.5 Å². The Kier molecular flexibility index (Phi) is 8.54. The van der Waals surface area contributed by atoms with Crippen LogP contribution in [0.5, 0.6) is 5.75 Å². The number of hydrogen-bond donors (Lipinski definition) is 1. The van der Waals surface area contributed by atoms with Crippen LogP contribution < -0.4 is 0 Å². The second-order valence-electron chi connectivity index (χ2n) is 17.0. The Morgan fingerprint density at radius 3 is 1.63 bits per heavy atom. The number of phenolic OH excluding ortho intramolecular Hbond substituents is 1. The second kappa shape index (κ2) is 12.4. The number of nitrogens with zero attached hydrogens (tertiary/aromatic N) is 4. The fourth-order valence-corrected chi connectivity index (χ4v) is 7.22. The molecule has 52 heavy (non-hydrogen) atoms. The molecule has 1 N–H and O–H groups in total. The van der Waals surface area contributed by atoms with Gasteiger partial charge in [0, 0.05) is 43.9 Å². The number of hydrogen-bond acceptors (Lipinski definition) is 3. The van der Waals surface area contributed by atoms with Gasteiger partial charge >= 0.3 is 0 Å². The van der Waals surface area contributed by atoms with Crippen molar-refractivity contribution < 1.29 is 26.2 Å². The summed E-state index contributed by atoms with van der Waals surface area (Å²) in [4.78, 5) is 10.3. The quantitative estimate of drug-likeness (QED) is 0.180. The zero-order valence-electron chi connectivity index (χ0n) is 31.4. The molecule has 266 valence electrons. The smallest absolute Gasteiger partial charge is 0.136 e. The summed E-state index contributed by atoms with van der Waals surface area (Å²) in [6.45, 7) is 19.9. The van der Waals surface area contributed by atoms with Crippen molar-refractivity contribution in [1.29, 1.82) is 0 Å². The zero-order valence-corrected chi connectivity index (χ0v) is 33.6. The van der Waals surface area contributed by atoms with Gasteiger partial charge in [0.2, 0.25) is 0 Å². The van der Waals surface area contributed by atoms with Crippen LogP contribution in [0.3, 0.4) is 0 Å². The van der Waals surface area contributed by atoms with Crippen LogP contribution in [-0.4, -0.2) is 24.2 Å². The van der Waals surface area contributed by atoms with Crippen LogP contribution in [0, 0.1) is 6.07 Å². The molecule has 4 aromatic carbocycles. The second-order valence-corrected chi connectivity index (χ2v) is 17.0. The fraction of sp³-hybridized carbons (Fsp3) is 0.261. The van der Waals surface area contributed by atoms with Gasteiger partial charge in [-0.25, -0.2) is 9.97 Å². The molecule has 0 aliphatic rings. The molecule has 4 heterocycles. The van der Waals surface area contributed by atoms with E-state index in [2.05, 4.69) is 162 Å². The van der Waals surface area contributed by atoms with E-state index in [1.807, 2.05) is 12.3 Å². The van der Waals surface area contributed by atoms with Gasteiger partial charge in [0.25, 0.3) is 0 Å². The molecule has 0 atom stereocenters. The maximum absolute atomic E-state index is 11.2. The zero-order chi connectivity index (χ0) is 36.0. The SMILES string of the molecule is CC(C)(C)c1ccnc(-n2c3[c-]c4c(cc3c3ccccc32)c2ccccc2n4-c2cc(C(C)(C)C)cc(-c3cc(C(C)(C)C)ccc3O)n2)c1.[Pt]. The summed E-state index contributed by atoms with van der Waals surface area (Å²) in [5, 5.41) is 15.8. The summed E-state index contributed by atoms with van der Waals surface area (Å²) in [6, 6.07) is 37.9. The van der Waals surface area contributed by atoms with Gasteiger partial charge in [-0.05, 0) is 92.2 Å². The first-order valence-corrected chi connectivity index (χ1v) is 17.8. The Labute approximate surface area is 320 Å². The van der Waals surface area contributed by atoms with Gasteiger partial charge in [0.15, 0.2) is 0 Å². The third-order valence-corrected chi connectivity index (χ3v) is 10.2. The first-order valence-electron chi connectivity index (χ1n) is 17.8. The molecule has 0 amide bonds. The van der Waals surface area contributed by atoms with Gasteiger partial charge in [-0.3, -0.25) is 0 Å². The van der Waals surface area contributed by atoms with Crippen molar-refractivity contribution in [2.45, 2.75) is 78.6 Å². The fourth-order valence-electron chi connectivity index (χ4n) is 7.22. The van der Waals surface area contributed by atoms with E-state index in [1.54, 1.807) is 6.07 Å². The minimum Gasteiger partial charge on any atom is -0.507 e. The Morgan fingerprint density at radius 1 is 0.538 bits per heavy atom. The first-order chi connectivity index (χ1) is 24.1. The molecule has 5 nitrogen and oxygen atoms in total. The first kappa shape index (κ1) is 35.7. The average Bonchev–Trinajstić information content (AvgIpc) is 3.58. The molecule has 0 radical (unpaired) electrons. The largest absolute Gasteiger partial charge is 0.507 e. The van der Waals surface area contributed by atoms with Gasteiger partial charge in [0.1, 0.15) is 17.4 Å². The van der Waals surface area contributed by atoms with Gasteiger partial charge in [-0.2, -0.15) is 6.07 Å². The molecule has 4 aromatic heterocycles. The predicted molar refractivity (Wildman–Crippen MR) is 213 cm³/mol. The molecular weight excluding hydrogens is 820 g/mol. The number of fused-ring (bicyclic) bond motifs is 6. The number of aromatic nitrogens is 4. The molecule has 0 unspecified atom stereocenters. The molecule has 0 saturated heterocycles. The summed E-state index contributed by atoms with van der Waals surface area (Å²) in [5.41, 5.74) is 8.74. The number of para-hydroxylation sites is 2. The number of benzene rings is 4. The van der Waals surface area contributed by atoms with Crippen molar-refractivity contribution in [2.24, 2.45) is 0 Å². The summed E-state index contributed by atoms with van der Waals surface area (Å²) in [6.07, 6.45) is 1.92. The maximum Gasteiger partial charge on any atom is 0.136 e. The van der Waals surface area contributed by atoms with E-state index in [1.165, 1.54) is 5.56 Å². The minimum absolute atomic E-state index is 0. The third kappa shape index (κ3) is 5.93. The average molecular weight is 865 g/mol. The normalized spacial score (nSPS) is 12.6. The molecule has 8 rings (SSSR count). The predicted octanol–water partition coefficient (Wildman–Crippen LogP) is 11.7. The Hall–Kier alpha value is -4.73. The van der Waals surface area contributed by atoms with Crippen LogP contribution in [0.15, 0.2) is 103 Å². The Balaban J connectivity index is 0.00000420. The minimum atomic E-state index is -0.171. The third-order valence-electron chi connectivity index (χ3n) is 10.2. The van der Waals surface area contributed by atoms with Crippen molar-refractivity contribution in [1.82, 2.24) is 19.1 Å². The van der Waals surface area contributed by atoms with Crippen LogP contribution in [0.1, 0.15) is 79.0 Å². The van der Waals surface area contributed by atoms with Gasteiger partial charge < -0.3 is 14.2 Å². The monoisotopic (exact) mass is 864 g/mol. The van der Waals surface area contributed by atoms with Crippen LogP contribution >= 0.6 is 0 Å². The van der Waals surface area contributed by atoms with Crippen LogP contribution in [0.2, 0.25) is 0 Å². The maximum atomic E-state index is 11.2. The van der Waals surface area contributed by atoms with Crippen molar-refractivity contribution in [2.75, 3.05) is 0 Å². The van der Waals surface area contributed by atoms with E-state index >= 15 is 0 Å². The van der Waals surface area contributed by atoms with Gasteiger partial charge in [0.05, 0.1) is 5.69 Å². The summed E-state index contributed by atoms with van der Waals surface area (Å²) in [5.74, 6) is 1.88. The molecule has 0 aliphatic carbocycles. The molecule has 6 heteroatoms. The number of phenols is 1. The molecule has 0 spiro atoms. The van der Waals surface area contributed by atoms with E-state index in [4.69, 9.17) is 9.97 Å².